The minimum atomic E-state index is -3.81. The summed E-state index contributed by atoms with van der Waals surface area (Å²) in [5.41, 5.74) is -0.267. The summed E-state index contributed by atoms with van der Waals surface area (Å²) in [6.07, 6.45) is 4.22. The summed E-state index contributed by atoms with van der Waals surface area (Å²) in [7, 11) is -2.16. The lowest BCUT2D eigenvalue weighted by atomic mass is 10.3. The highest BCUT2D eigenvalue weighted by atomic mass is 32.2. The number of nitrogens with zero attached hydrogens (tertiary/aromatic N) is 2. The summed E-state index contributed by atoms with van der Waals surface area (Å²) in [6.45, 7) is 1.25. The van der Waals surface area contributed by atoms with Gasteiger partial charge in [-0.1, -0.05) is 6.07 Å². The van der Waals surface area contributed by atoms with Crippen molar-refractivity contribution < 1.29 is 13.3 Å². The molecule has 0 saturated heterocycles. The van der Waals surface area contributed by atoms with Gasteiger partial charge in [0.25, 0.3) is 5.69 Å². The molecule has 0 aromatic heterocycles. The quantitative estimate of drug-likeness (QED) is 0.166. The second-order valence-electron chi connectivity index (χ2n) is 5.28. The molecular weight excluding hydrogens is 378 g/mol. The van der Waals surface area contributed by atoms with Crippen molar-refractivity contribution in [1.29, 1.82) is 0 Å². The van der Waals surface area contributed by atoms with E-state index in [2.05, 4.69) is 26.6 Å². The molecule has 0 aliphatic heterocycles. The van der Waals surface area contributed by atoms with Crippen LogP contribution in [0.25, 0.3) is 0 Å². The minimum Gasteiger partial charge on any atom is -0.356 e. The van der Waals surface area contributed by atoms with E-state index >= 15 is 0 Å². The van der Waals surface area contributed by atoms with Crippen LogP contribution in [0.15, 0.2) is 34.2 Å². The lowest BCUT2D eigenvalue weighted by molar-refractivity contribution is -0.385. The van der Waals surface area contributed by atoms with Crippen LogP contribution in [0.1, 0.15) is 12.8 Å². The molecule has 146 valence electrons. The van der Waals surface area contributed by atoms with Crippen molar-refractivity contribution >= 4 is 33.4 Å². The molecule has 0 bridgehead atoms. The third-order valence-corrected chi connectivity index (χ3v) is 5.50. The SMILES string of the molecule is CN=C(NCCCCSC)NCCNS(=O)(=O)c1cccc([N+](=O)[O-])c1. The number of nitro groups is 1. The van der Waals surface area contributed by atoms with Crippen molar-refractivity contribution in [2.24, 2.45) is 4.99 Å². The van der Waals surface area contributed by atoms with Gasteiger partial charge in [0.15, 0.2) is 5.96 Å². The van der Waals surface area contributed by atoms with E-state index in [-0.39, 0.29) is 17.1 Å². The Balaban J connectivity index is 2.41. The summed E-state index contributed by atoms with van der Waals surface area (Å²) >= 11 is 1.81. The van der Waals surface area contributed by atoms with Crippen molar-refractivity contribution in [3.8, 4) is 0 Å². The number of thioether (sulfide) groups is 1. The summed E-state index contributed by atoms with van der Waals surface area (Å²) < 4.78 is 26.8. The molecule has 9 nitrogen and oxygen atoms in total. The fraction of sp³-hybridized carbons (Fsp3) is 0.533. The molecule has 3 N–H and O–H groups in total. The number of sulfonamides is 1. The van der Waals surface area contributed by atoms with Crippen LogP contribution in [0, 0.1) is 10.1 Å². The zero-order valence-electron chi connectivity index (χ0n) is 14.9. The van der Waals surface area contributed by atoms with E-state index < -0.39 is 14.9 Å². The minimum absolute atomic E-state index is 0.123. The van der Waals surface area contributed by atoms with Crippen molar-refractivity contribution in [3.05, 3.63) is 34.4 Å². The average Bonchev–Trinajstić information content (AvgIpc) is 2.63. The van der Waals surface area contributed by atoms with Crippen LogP contribution in [0.3, 0.4) is 0 Å². The molecule has 11 heteroatoms. The number of non-ortho nitro benzene ring substituents is 1. The van der Waals surface area contributed by atoms with Gasteiger partial charge in [0.05, 0.1) is 9.82 Å². The number of unbranched alkanes of at least 4 members (excludes halogenated alkanes) is 1. The maximum absolute atomic E-state index is 12.2. The smallest absolute Gasteiger partial charge is 0.270 e. The van der Waals surface area contributed by atoms with Gasteiger partial charge in [-0.3, -0.25) is 15.1 Å². The normalized spacial score (nSPS) is 12.0. The molecule has 0 heterocycles. The van der Waals surface area contributed by atoms with E-state index in [1.165, 1.54) is 18.2 Å². The standard InChI is InChI=1S/C15H25N5O4S2/c1-16-15(17-8-3-4-11-25-2)18-9-10-19-26(23,24)14-7-5-6-13(12-14)20(21)22/h5-7,12,19H,3-4,8-11H2,1-2H3,(H2,16,17,18). The summed E-state index contributed by atoms with van der Waals surface area (Å²) in [6, 6.07) is 4.94. The van der Waals surface area contributed by atoms with Gasteiger partial charge in [-0.05, 0) is 30.9 Å². The van der Waals surface area contributed by atoms with Crippen molar-refractivity contribution in [1.82, 2.24) is 15.4 Å². The Hall–Kier alpha value is -1.85. The monoisotopic (exact) mass is 403 g/mol. The van der Waals surface area contributed by atoms with Gasteiger partial charge in [-0.15, -0.1) is 0 Å². The first kappa shape index (κ1) is 22.2. The molecule has 0 saturated carbocycles. The van der Waals surface area contributed by atoms with Crippen LogP contribution in [0.2, 0.25) is 0 Å². The largest absolute Gasteiger partial charge is 0.356 e. The highest BCUT2D eigenvalue weighted by Gasteiger charge is 2.16. The number of nitro benzene ring substituents is 1. The highest BCUT2D eigenvalue weighted by molar-refractivity contribution is 7.98. The van der Waals surface area contributed by atoms with Gasteiger partial charge in [0.1, 0.15) is 0 Å². The third-order valence-electron chi connectivity index (χ3n) is 3.34. The molecule has 1 aromatic rings. The van der Waals surface area contributed by atoms with E-state index in [9.17, 15) is 18.5 Å². The Morgan fingerprint density at radius 3 is 2.62 bits per heavy atom. The second kappa shape index (κ2) is 11.7. The Bertz CT molecular complexity index is 710. The van der Waals surface area contributed by atoms with Crippen LogP contribution in [-0.4, -0.2) is 58.0 Å². The number of hydrogen-bond acceptors (Lipinski definition) is 6. The Labute approximate surface area is 158 Å². The third kappa shape index (κ3) is 8.02. The first-order valence-electron chi connectivity index (χ1n) is 8.08. The summed E-state index contributed by atoms with van der Waals surface area (Å²) in [5.74, 6) is 1.72. The van der Waals surface area contributed by atoms with Crippen LogP contribution in [0.5, 0.6) is 0 Å². The summed E-state index contributed by atoms with van der Waals surface area (Å²) in [5, 5.41) is 16.9. The van der Waals surface area contributed by atoms with Gasteiger partial charge in [-0.25, -0.2) is 13.1 Å². The molecule has 26 heavy (non-hydrogen) atoms. The molecule has 1 aromatic carbocycles. The molecule has 0 aliphatic rings. The molecule has 0 amide bonds. The molecule has 0 aliphatic carbocycles. The van der Waals surface area contributed by atoms with Crippen molar-refractivity contribution in [2.75, 3.05) is 38.7 Å². The van der Waals surface area contributed by atoms with Crippen LogP contribution in [-0.2, 0) is 10.0 Å². The molecule has 0 radical (unpaired) electrons. The zero-order valence-corrected chi connectivity index (χ0v) is 16.5. The van der Waals surface area contributed by atoms with Gasteiger partial charge < -0.3 is 10.6 Å². The lowest BCUT2D eigenvalue weighted by Gasteiger charge is -2.12. The van der Waals surface area contributed by atoms with Crippen LogP contribution >= 0.6 is 11.8 Å². The predicted octanol–water partition coefficient (Wildman–Crippen LogP) is 1.18. The Morgan fingerprint density at radius 1 is 1.23 bits per heavy atom. The Morgan fingerprint density at radius 2 is 1.96 bits per heavy atom. The van der Waals surface area contributed by atoms with Gasteiger partial charge in [0.2, 0.25) is 10.0 Å². The van der Waals surface area contributed by atoms with E-state index in [1.54, 1.807) is 7.05 Å². The van der Waals surface area contributed by atoms with Gasteiger partial charge >= 0.3 is 0 Å². The first-order chi connectivity index (χ1) is 12.4. The number of hydrogen-bond donors (Lipinski definition) is 3. The van der Waals surface area contributed by atoms with Crippen molar-refractivity contribution in [2.45, 2.75) is 17.7 Å². The molecule has 0 spiro atoms. The fourth-order valence-corrected chi connectivity index (χ4v) is 3.58. The fourth-order valence-electron chi connectivity index (χ4n) is 2.01. The van der Waals surface area contributed by atoms with Crippen LogP contribution < -0.4 is 15.4 Å². The number of nitrogens with one attached hydrogen (secondary N) is 3. The molecule has 1 rings (SSSR count). The molecule has 0 fully saturated rings. The zero-order chi connectivity index (χ0) is 19.4. The average molecular weight is 404 g/mol. The number of benzene rings is 1. The van der Waals surface area contributed by atoms with E-state index in [4.69, 9.17) is 0 Å². The molecule has 0 unspecified atom stereocenters. The van der Waals surface area contributed by atoms with E-state index in [0.717, 1.165) is 31.2 Å². The predicted molar refractivity (Wildman–Crippen MR) is 105 cm³/mol. The number of rotatable bonds is 11. The van der Waals surface area contributed by atoms with Gasteiger partial charge in [0, 0.05) is 38.8 Å². The topological polar surface area (TPSA) is 126 Å². The number of aliphatic imine (C=N–C) groups is 1. The lowest BCUT2D eigenvalue weighted by Crippen LogP contribution is -2.41. The first-order valence-corrected chi connectivity index (χ1v) is 11.0. The maximum atomic E-state index is 12.2. The summed E-state index contributed by atoms with van der Waals surface area (Å²) in [4.78, 5) is 14.1. The Kier molecular flexibility index (Phi) is 9.99. The molecular formula is C15H25N5O4S2. The van der Waals surface area contributed by atoms with Crippen molar-refractivity contribution in [3.63, 3.8) is 0 Å². The highest BCUT2D eigenvalue weighted by Crippen LogP contribution is 2.16. The van der Waals surface area contributed by atoms with Crippen LogP contribution in [0.4, 0.5) is 5.69 Å². The number of guanidine groups is 1. The van der Waals surface area contributed by atoms with Gasteiger partial charge in [-0.2, -0.15) is 11.8 Å². The molecule has 0 atom stereocenters. The van der Waals surface area contributed by atoms with E-state index in [0.29, 0.717) is 12.5 Å². The maximum Gasteiger partial charge on any atom is 0.270 e. The van der Waals surface area contributed by atoms with E-state index in [1.807, 2.05) is 11.8 Å². The second-order valence-corrected chi connectivity index (χ2v) is 8.03.